The molecule has 0 aliphatic carbocycles. The third-order valence-corrected chi connectivity index (χ3v) is 5.53. The SMILES string of the molecule is Cc1ccccc1CN1CCC(NC(=O)Cn2nnc3ccccc3c2=O)CC1. The summed E-state index contributed by atoms with van der Waals surface area (Å²) in [4.78, 5) is 27.3. The fourth-order valence-corrected chi connectivity index (χ4v) is 3.80. The fraction of sp³-hybridized carbons (Fsp3) is 0.364. The first-order chi connectivity index (χ1) is 14.1. The Morgan fingerprint density at radius 2 is 1.83 bits per heavy atom. The molecule has 29 heavy (non-hydrogen) atoms. The van der Waals surface area contributed by atoms with Crippen LogP contribution in [0, 0.1) is 6.92 Å². The summed E-state index contributed by atoms with van der Waals surface area (Å²) in [5.74, 6) is -0.200. The smallest absolute Gasteiger partial charge is 0.278 e. The summed E-state index contributed by atoms with van der Waals surface area (Å²) in [5.41, 5.74) is 2.91. The van der Waals surface area contributed by atoms with Gasteiger partial charge in [0.15, 0.2) is 0 Å². The Morgan fingerprint density at radius 1 is 1.10 bits per heavy atom. The largest absolute Gasteiger partial charge is 0.352 e. The minimum absolute atomic E-state index is 0.111. The van der Waals surface area contributed by atoms with Gasteiger partial charge < -0.3 is 5.32 Å². The van der Waals surface area contributed by atoms with E-state index in [2.05, 4.69) is 51.7 Å². The summed E-state index contributed by atoms with van der Waals surface area (Å²) in [6.45, 7) is 4.85. The molecule has 1 aliphatic heterocycles. The van der Waals surface area contributed by atoms with E-state index in [1.165, 1.54) is 11.1 Å². The number of nitrogens with zero attached hydrogens (tertiary/aromatic N) is 4. The van der Waals surface area contributed by atoms with E-state index >= 15 is 0 Å². The highest BCUT2D eigenvalue weighted by atomic mass is 16.2. The van der Waals surface area contributed by atoms with E-state index < -0.39 is 0 Å². The molecule has 7 heteroatoms. The van der Waals surface area contributed by atoms with Crippen molar-refractivity contribution in [1.82, 2.24) is 25.2 Å². The second-order valence-corrected chi connectivity index (χ2v) is 7.61. The molecular weight excluding hydrogens is 366 g/mol. The topological polar surface area (TPSA) is 80.1 Å². The van der Waals surface area contributed by atoms with Crippen molar-refractivity contribution in [2.75, 3.05) is 13.1 Å². The summed E-state index contributed by atoms with van der Waals surface area (Å²) < 4.78 is 1.13. The van der Waals surface area contributed by atoms with Gasteiger partial charge in [-0.1, -0.05) is 41.6 Å². The molecule has 4 rings (SSSR count). The molecule has 0 saturated carbocycles. The molecule has 0 radical (unpaired) electrons. The van der Waals surface area contributed by atoms with Crippen LogP contribution in [0.4, 0.5) is 0 Å². The van der Waals surface area contributed by atoms with Crippen molar-refractivity contribution in [2.45, 2.75) is 38.9 Å². The number of amides is 1. The van der Waals surface area contributed by atoms with Crippen LogP contribution in [-0.2, 0) is 17.9 Å². The number of rotatable bonds is 5. The number of benzene rings is 2. The molecule has 1 fully saturated rings. The number of nitrogens with one attached hydrogen (secondary N) is 1. The average Bonchev–Trinajstić information content (AvgIpc) is 2.73. The van der Waals surface area contributed by atoms with E-state index in [1.54, 1.807) is 24.3 Å². The zero-order valence-electron chi connectivity index (χ0n) is 16.5. The highest BCUT2D eigenvalue weighted by Crippen LogP contribution is 2.16. The second kappa shape index (κ2) is 8.53. The average molecular weight is 391 g/mol. The molecule has 1 aliphatic rings. The first kappa shape index (κ1) is 19.3. The molecule has 3 aromatic rings. The third kappa shape index (κ3) is 4.51. The van der Waals surface area contributed by atoms with Crippen LogP contribution in [0.5, 0.6) is 0 Å². The maximum Gasteiger partial charge on any atom is 0.278 e. The first-order valence-electron chi connectivity index (χ1n) is 9.99. The number of hydrogen-bond donors (Lipinski definition) is 1. The van der Waals surface area contributed by atoms with Crippen LogP contribution in [0.3, 0.4) is 0 Å². The molecule has 0 unspecified atom stereocenters. The second-order valence-electron chi connectivity index (χ2n) is 7.61. The van der Waals surface area contributed by atoms with Gasteiger partial charge in [0.25, 0.3) is 5.56 Å². The highest BCUT2D eigenvalue weighted by Gasteiger charge is 2.21. The number of carbonyl (C=O) groups excluding carboxylic acids is 1. The molecule has 2 aromatic carbocycles. The Labute approximate surface area is 169 Å². The monoisotopic (exact) mass is 391 g/mol. The zero-order chi connectivity index (χ0) is 20.2. The Balaban J connectivity index is 1.31. The third-order valence-electron chi connectivity index (χ3n) is 5.53. The van der Waals surface area contributed by atoms with E-state index in [9.17, 15) is 9.59 Å². The normalized spacial score (nSPS) is 15.5. The van der Waals surface area contributed by atoms with Gasteiger partial charge in [0.2, 0.25) is 5.91 Å². The van der Waals surface area contributed by atoms with Gasteiger partial charge in [0.05, 0.1) is 5.39 Å². The van der Waals surface area contributed by atoms with Crippen LogP contribution in [0.1, 0.15) is 24.0 Å². The van der Waals surface area contributed by atoms with Gasteiger partial charge in [-0.05, 0) is 43.0 Å². The highest BCUT2D eigenvalue weighted by molar-refractivity contribution is 5.78. The van der Waals surface area contributed by atoms with Gasteiger partial charge in [-0.15, -0.1) is 5.10 Å². The number of likely N-dealkylation sites (tertiary alicyclic amines) is 1. The molecule has 7 nitrogen and oxygen atoms in total. The quantitative estimate of drug-likeness (QED) is 0.718. The summed E-state index contributed by atoms with van der Waals surface area (Å²) in [7, 11) is 0. The predicted molar refractivity (Wildman–Crippen MR) is 111 cm³/mol. The summed E-state index contributed by atoms with van der Waals surface area (Å²) in [5, 5.41) is 11.4. The van der Waals surface area contributed by atoms with Crippen molar-refractivity contribution in [3.8, 4) is 0 Å². The number of aryl methyl sites for hydroxylation is 1. The van der Waals surface area contributed by atoms with Crippen LogP contribution in [0.15, 0.2) is 53.3 Å². The molecule has 1 saturated heterocycles. The van der Waals surface area contributed by atoms with Crippen LogP contribution in [0.2, 0.25) is 0 Å². The molecule has 0 atom stereocenters. The van der Waals surface area contributed by atoms with Crippen molar-refractivity contribution in [3.63, 3.8) is 0 Å². The van der Waals surface area contributed by atoms with E-state index in [-0.39, 0.29) is 24.1 Å². The van der Waals surface area contributed by atoms with Crippen molar-refractivity contribution in [3.05, 3.63) is 70.0 Å². The van der Waals surface area contributed by atoms with Gasteiger partial charge in [0, 0.05) is 25.7 Å². The van der Waals surface area contributed by atoms with Crippen molar-refractivity contribution in [1.29, 1.82) is 0 Å². The first-order valence-corrected chi connectivity index (χ1v) is 9.99. The number of aromatic nitrogens is 3. The number of carbonyl (C=O) groups is 1. The van der Waals surface area contributed by atoms with Crippen LogP contribution < -0.4 is 10.9 Å². The number of hydrogen-bond acceptors (Lipinski definition) is 5. The predicted octanol–water partition coefficient (Wildman–Crippen LogP) is 1.88. The lowest BCUT2D eigenvalue weighted by molar-refractivity contribution is -0.123. The standard InChI is InChI=1S/C22H25N5O2/c1-16-6-2-3-7-17(16)14-26-12-10-18(11-13-26)23-21(28)15-27-22(29)19-8-4-5-9-20(19)24-25-27/h2-9,18H,10-15H2,1H3,(H,23,28). The molecule has 0 bridgehead atoms. The lowest BCUT2D eigenvalue weighted by Gasteiger charge is -2.32. The molecule has 0 spiro atoms. The molecule has 1 aromatic heterocycles. The van der Waals surface area contributed by atoms with E-state index in [0.29, 0.717) is 10.9 Å². The van der Waals surface area contributed by atoms with Crippen LogP contribution >= 0.6 is 0 Å². The molecular formula is C22H25N5O2. The van der Waals surface area contributed by atoms with Crippen molar-refractivity contribution in [2.24, 2.45) is 0 Å². The summed E-state index contributed by atoms with van der Waals surface area (Å²) in [6.07, 6.45) is 1.80. The summed E-state index contributed by atoms with van der Waals surface area (Å²) in [6, 6.07) is 15.6. The van der Waals surface area contributed by atoms with E-state index in [4.69, 9.17) is 0 Å². The van der Waals surface area contributed by atoms with Gasteiger partial charge >= 0.3 is 0 Å². The Kier molecular flexibility index (Phi) is 5.67. The van der Waals surface area contributed by atoms with Crippen molar-refractivity contribution < 1.29 is 4.79 Å². The maximum atomic E-state index is 12.5. The van der Waals surface area contributed by atoms with Gasteiger partial charge in [-0.2, -0.15) is 0 Å². The van der Waals surface area contributed by atoms with E-state index in [0.717, 1.165) is 37.2 Å². The van der Waals surface area contributed by atoms with E-state index in [1.807, 2.05) is 0 Å². The minimum Gasteiger partial charge on any atom is -0.352 e. The molecule has 150 valence electrons. The van der Waals surface area contributed by atoms with Crippen molar-refractivity contribution >= 4 is 16.8 Å². The van der Waals surface area contributed by atoms with Gasteiger partial charge in [-0.3, -0.25) is 14.5 Å². The molecule has 1 amide bonds. The fourth-order valence-electron chi connectivity index (χ4n) is 3.80. The number of fused-ring (bicyclic) bond motifs is 1. The minimum atomic E-state index is -0.293. The molecule has 2 heterocycles. The Hall–Kier alpha value is -3.06. The lowest BCUT2D eigenvalue weighted by Crippen LogP contribution is -2.46. The maximum absolute atomic E-state index is 12.5. The van der Waals surface area contributed by atoms with Crippen LogP contribution in [-0.4, -0.2) is 44.9 Å². The molecule has 1 N–H and O–H groups in total. The zero-order valence-corrected chi connectivity index (χ0v) is 16.5. The Bertz CT molecular complexity index is 1070. The summed E-state index contributed by atoms with van der Waals surface area (Å²) >= 11 is 0. The Morgan fingerprint density at radius 3 is 2.62 bits per heavy atom. The number of piperidine rings is 1. The lowest BCUT2D eigenvalue weighted by atomic mass is 10.0. The van der Waals surface area contributed by atoms with Gasteiger partial charge in [-0.25, -0.2) is 4.68 Å². The van der Waals surface area contributed by atoms with Gasteiger partial charge in [0.1, 0.15) is 12.1 Å². The van der Waals surface area contributed by atoms with Crippen LogP contribution in [0.25, 0.3) is 10.9 Å².